The number of esters is 1. The molecule has 0 fully saturated rings. The normalized spacial score (nSPS) is 10.3. The zero-order chi connectivity index (χ0) is 24.9. The van der Waals surface area contributed by atoms with E-state index in [2.05, 4.69) is 16.2 Å². The average Bonchev–Trinajstić information content (AvgIpc) is 2.88. The maximum Gasteiger partial charge on any atom is 0.306 e. The van der Waals surface area contributed by atoms with Crippen molar-refractivity contribution in [3.63, 3.8) is 0 Å². The molecule has 0 saturated carbocycles. The first kappa shape index (κ1) is 25.6. The van der Waals surface area contributed by atoms with Gasteiger partial charge >= 0.3 is 5.97 Å². The number of aryl methyl sites for hydroxylation is 1. The number of amides is 2. The summed E-state index contributed by atoms with van der Waals surface area (Å²) in [7, 11) is 0. The summed E-state index contributed by atoms with van der Waals surface area (Å²) < 4.78 is 10.7. The van der Waals surface area contributed by atoms with Crippen molar-refractivity contribution in [2.45, 2.75) is 25.7 Å². The topological polar surface area (TPSA) is 106 Å². The predicted octanol–water partition coefficient (Wildman–Crippen LogP) is 3.20. The van der Waals surface area contributed by atoms with Gasteiger partial charge in [0.2, 0.25) is 5.91 Å². The molecule has 0 spiro atoms. The number of fused-ring (bicyclic) bond motifs is 1. The summed E-state index contributed by atoms with van der Waals surface area (Å²) in [4.78, 5) is 35.8. The Labute approximate surface area is 209 Å². The number of thiocarbonyl (C=S) groups is 1. The summed E-state index contributed by atoms with van der Waals surface area (Å²) >= 11 is 4.99. The van der Waals surface area contributed by atoms with E-state index in [0.717, 1.165) is 17.2 Å². The van der Waals surface area contributed by atoms with E-state index in [1.54, 1.807) is 6.07 Å². The van der Waals surface area contributed by atoms with E-state index in [-0.39, 0.29) is 24.6 Å². The third kappa shape index (κ3) is 9.05. The van der Waals surface area contributed by atoms with Gasteiger partial charge in [-0.3, -0.25) is 25.2 Å². The number of nitrogens with one attached hydrogen (secondary N) is 3. The monoisotopic (exact) mass is 493 g/mol. The molecular formula is C26H27N3O5S. The molecule has 3 rings (SSSR count). The van der Waals surface area contributed by atoms with Crippen molar-refractivity contribution in [2.24, 2.45) is 0 Å². The predicted molar refractivity (Wildman–Crippen MR) is 136 cm³/mol. The molecule has 0 aliphatic heterocycles. The van der Waals surface area contributed by atoms with Crippen LogP contribution in [0.3, 0.4) is 0 Å². The standard InChI is InChI=1S/C26H27N3O5S/c30-23(15-16-25(32)33-17-7-10-19-8-2-1-3-9-19)27-26(35)29-28-24(31)18-34-22-14-6-12-20-11-4-5-13-21(20)22/h1-6,8-9,11-14H,7,10,15-18H2,(H,28,31)(H2,27,29,30,35). The van der Waals surface area contributed by atoms with Crippen LogP contribution < -0.4 is 20.9 Å². The number of carbonyl (C=O) groups excluding carboxylic acids is 3. The van der Waals surface area contributed by atoms with Crippen LogP contribution in [-0.4, -0.2) is 36.1 Å². The van der Waals surface area contributed by atoms with Crippen LogP contribution in [0.15, 0.2) is 72.8 Å². The van der Waals surface area contributed by atoms with Crippen LogP contribution in [-0.2, 0) is 25.5 Å². The second-order valence-electron chi connectivity index (χ2n) is 7.63. The van der Waals surface area contributed by atoms with Gasteiger partial charge in [0.25, 0.3) is 5.91 Å². The Hall–Kier alpha value is -3.98. The molecule has 0 atom stereocenters. The lowest BCUT2D eigenvalue weighted by molar-refractivity contribution is -0.145. The third-order valence-electron chi connectivity index (χ3n) is 4.95. The van der Waals surface area contributed by atoms with E-state index in [0.29, 0.717) is 18.8 Å². The molecule has 0 aliphatic rings. The minimum Gasteiger partial charge on any atom is -0.483 e. The van der Waals surface area contributed by atoms with Crippen LogP contribution >= 0.6 is 12.2 Å². The lowest BCUT2D eigenvalue weighted by Gasteiger charge is -2.12. The van der Waals surface area contributed by atoms with Gasteiger partial charge in [0.05, 0.1) is 13.0 Å². The van der Waals surface area contributed by atoms with Crippen LogP contribution in [0.5, 0.6) is 5.75 Å². The second-order valence-corrected chi connectivity index (χ2v) is 8.03. The first-order valence-electron chi connectivity index (χ1n) is 11.2. The molecule has 3 aromatic carbocycles. The quantitative estimate of drug-likeness (QED) is 0.172. The number of carbonyl (C=O) groups is 3. The van der Waals surface area contributed by atoms with Gasteiger partial charge < -0.3 is 14.8 Å². The van der Waals surface area contributed by atoms with Gasteiger partial charge in [-0.25, -0.2) is 0 Å². The Morgan fingerprint density at radius 2 is 1.54 bits per heavy atom. The molecule has 182 valence electrons. The van der Waals surface area contributed by atoms with Gasteiger partial charge in [-0.05, 0) is 42.1 Å². The summed E-state index contributed by atoms with van der Waals surface area (Å²) in [5.74, 6) is -0.814. The first-order chi connectivity index (χ1) is 17.0. The van der Waals surface area contributed by atoms with Gasteiger partial charge in [0.15, 0.2) is 11.7 Å². The summed E-state index contributed by atoms with van der Waals surface area (Å²) in [5.41, 5.74) is 5.97. The number of benzene rings is 3. The maximum absolute atomic E-state index is 12.0. The molecule has 8 nitrogen and oxygen atoms in total. The van der Waals surface area contributed by atoms with Crippen molar-refractivity contribution in [1.82, 2.24) is 16.2 Å². The summed E-state index contributed by atoms with van der Waals surface area (Å²) in [5, 5.41) is 4.20. The van der Waals surface area contributed by atoms with E-state index in [1.807, 2.05) is 66.7 Å². The van der Waals surface area contributed by atoms with Crippen molar-refractivity contribution in [1.29, 1.82) is 0 Å². The van der Waals surface area contributed by atoms with Gasteiger partial charge in [0.1, 0.15) is 5.75 Å². The van der Waals surface area contributed by atoms with Crippen molar-refractivity contribution in [3.05, 3.63) is 78.4 Å². The van der Waals surface area contributed by atoms with Crippen molar-refractivity contribution >= 4 is 45.9 Å². The van der Waals surface area contributed by atoms with E-state index in [9.17, 15) is 14.4 Å². The van der Waals surface area contributed by atoms with Gasteiger partial charge in [0, 0.05) is 11.8 Å². The Bertz CT molecular complexity index is 1160. The van der Waals surface area contributed by atoms with E-state index < -0.39 is 17.8 Å². The summed E-state index contributed by atoms with van der Waals surface area (Å²) in [6, 6.07) is 23.2. The maximum atomic E-state index is 12.0. The SMILES string of the molecule is O=C(COc1cccc2ccccc12)NNC(=S)NC(=O)CCC(=O)OCCCc1ccccc1. The van der Waals surface area contributed by atoms with E-state index in [4.69, 9.17) is 21.7 Å². The molecule has 35 heavy (non-hydrogen) atoms. The number of hydrazine groups is 1. The smallest absolute Gasteiger partial charge is 0.306 e. The van der Waals surface area contributed by atoms with Crippen molar-refractivity contribution < 1.29 is 23.9 Å². The molecule has 0 aromatic heterocycles. The lowest BCUT2D eigenvalue weighted by atomic mass is 10.1. The van der Waals surface area contributed by atoms with Crippen LogP contribution in [0.4, 0.5) is 0 Å². The number of ether oxygens (including phenoxy) is 2. The fraction of sp³-hybridized carbons (Fsp3) is 0.231. The molecule has 0 aliphatic carbocycles. The van der Waals surface area contributed by atoms with Crippen LogP contribution in [0.2, 0.25) is 0 Å². The van der Waals surface area contributed by atoms with Crippen molar-refractivity contribution in [3.8, 4) is 5.75 Å². The molecule has 2 amide bonds. The third-order valence-corrected chi connectivity index (χ3v) is 5.15. The highest BCUT2D eigenvalue weighted by molar-refractivity contribution is 7.80. The van der Waals surface area contributed by atoms with Gasteiger partial charge in [-0.2, -0.15) is 0 Å². The van der Waals surface area contributed by atoms with Crippen LogP contribution in [0.25, 0.3) is 10.8 Å². The highest BCUT2D eigenvalue weighted by Gasteiger charge is 2.11. The molecular weight excluding hydrogens is 466 g/mol. The summed E-state index contributed by atoms with van der Waals surface area (Å²) in [6.45, 7) is 0.0515. The Kier molecular flexibility index (Phi) is 10.0. The zero-order valence-corrected chi connectivity index (χ0v) is 19.9. The van der Waals surface area contributed by atoms with Gasteiger partial charge in [-0.15, -0.1) is 0 Å². The fourth-order valence-corrected chi connectivity index (χ4v) is 3.41. The first-order valence-corrected chi connectivity index (χ1v) is 11.6. The van der Waals surface area contributed by atoms with Crippen molar-refractivity contribution in [2.75, 3.05) is 13.2 Å². The lowest BCUT2D eigenvalue weighted by Crippen LogP contribution is -2.49. The molecule has 0 bridgehead atoms. The Morgan fingerprint density at radius 1 is 0.800 bits per heavy atom. The highest BCUT2D eigenvalue weighted by atomic mass is 32.1. The largest absolute Gasteiger partial charge is 0.483 e. The molecule has 0 unspecified atom stereocenters. The minimum absolute atomic E-state index is 0.0645. The molecule has 0 heterocycles. The highest BCUT2D eigenvalue weighted by Crippen LogP contribution is 2.24. The number of hydrogen-bond donors (Lipinski definition) is 3. The van der Waals surface area contributed by atoms with Crippen LogP contribution in [0.1, 0.15) is 24.8 Å². The molecule has 3 aromatic rings. The second kappa shape index (κ2) is 13.7. The fourth-order valence-electron chi connectivity index (χ4n) is 3.24. The van der Waals surface area contributed by atoms with Gasteiger partial charge in [-0.1, -0.05) is 66.7 Å². The average molecular weight is 494 g/mol. The minimum atomic E-state index is -0.478. The van der Waals surface area contributed by atoms with E-state index in [1.165, 1.54) is 5.56 Å². The Morgan fingerprint density at radius 3 is 2.37 bits per heavy atom. The van der Waals surface area contributed by atoms with E-state index >= 15 is 0 Å². The zero-order valence-electron chi connectivity index (χ0n) is 19.1. The van der Waals surface area contributed by atoms with Crippen LogP contribution in [0, 0.1) is 0 Å². The molecule has 3 N–H and O–H groups in total. The molecule has 0 radical (unpaired) electrons. The Balaban J connectivity index is 1.26. The number of hydrogen-bond acceptors (Lipinski definition) is 6. The molecule has 0 saturated heterocycles. The molecule has 9 heteroatoms. The summed E-state index contributed by atoms with van der Waals surface area (Å²) in [6.07, 6.45) is 1.37. The number of rotatable bonds is 10.